The molecule has 0 spiro atoms. The topological polar surface area (TPSA) is 31.0 Å². The van der Waals surface area contributed by atoms with Crippen LogP contribution in [0.3, 0.4) is 0 Å². The van der Waals surface area contributed by atoms with Gasteiger partial charge in [0.25, 0.3) is 0 Å². The molecule has 3 aliphatic rings. The molecule has 3 nitrogen and oxygen atoms in total. The number of hydrogen-bond acceptors (Lipinski definition) is 3. The molecule has 14 heavy (non-hydrogen) atoms. The molecule has 3 heteroatoms. The van der Waals surface area contributed by atoms with Gasteiger partial charge in [-0.2, -0.15) is 0 Å². The fourth-order valence-electron chi connectivity index (χ4n) is 1.99. The summed E-state index contributed by atoms with van der Waals surface area (Å²) >= 11 is 0. The summed E-state index contributed by atoms with van der Waals surface area (Å²) in [6.07, 6.45) is 4.88. The maximum Gasteiger partial charge on any atom is 0.164 e. The van der Waals surface area contributed by atoms with Gasteiger partial charge in [0.2, 0.25) is 0 Å². The molecule has 2 heterocycles. The van der Waals surface area contributed by atoms with Gasteiger partial charge in [0.1, 0.15) is 24.4 Å². The van der Waals surface area contributed by atoms with E-state index in [1.807, 2.05) is 33.8 Å². The predicted octanol–water partition coefficient (Wildman–Crippen LogP) is 1.87. The Morgan fingerprint density at radius 3 is 2.29 bits per heavy atom. The Morgan fingerprint density at radius 1 is 0.929 bits per heavy atom. The van der Waals surface area contributed by atoms with Crippen LogP contribution in [0.1, 0.15) is 27.7 Å². The summed E-state index contributed by atoms with van der Waals surface area (Å²) < 4.78 is 16.8. The third-order valence-corrected chi connectivity index (χ3v) is 2.54. The number of rotatable bonds is 0. The Labute approximate surface area is 85.0 Å². The minimum Gasteiger partial charge on any atom is -0.362 e. The van der Waals surface area contributed by atoms with Gasteiger partial charge in [0.05, 0.1) is 0 Å². The lowest BCUT2D eigenvalue weighted by Crippen LogP contribution is -2.30. The van der Waals surface area contributed by atoms with Crippen molar-refractivity contribution in [3.63, 3.8) is 0 Å². The second-order valence-electron chi connectivity index (χ2n) is 4.01. The molecule has 0 radical (unpaired) electrons. The molecular weight excluding hydrogens is 180 g/mol. The molecule has 0 aromatic carbocycles. The summed E-state index contributed by atoms with van der Waals surface area (Å²) in [6, 6.07) is 0. The van der Waals surface area contributed by atoms with Crippen LogP contribution >= 0.6 is 0 Å². The first-order valence-electron chi connectivity index (χ1n) is 5.35. The van der Waals surface area contributed by atoms with Crippen molar-refractivity contribution in [2.75, 3.05) is 0 Å². The normalized spacial score (nSPS) is 46.0. The molecule has 1 aliphatic carbocycles. The molecule has 80 valence electrons. The first kappa shape index (κ1) is 10.1. The molecule has 2 aliphatic heterocycles. The summed E-state index contributed by atoms with van der Waals surface area (Å²) in [5.74, 6) is -0.444. The smallest absolute Gasteiger partial charge is 0.164 e. The Bertz CT molecular complexity index is 247. The van der Waals surface area contributed by atoms with Gasteiger partial charge in [-0.15, -0.1) is 0 Å². The summed E-state index contributed by atoms with van der Waals surface area (Å²) in [6.45, 7) is 7.88. The van der Waals surface area contributed by atoms with E-state index in [-0.39, 0.29) is 18.3 Å². The van der Waals surface area contributed by atoms with E-state index < -0.39 is 5.79 Å². The van der Waals surface area contributed by atoms with Crippen LogP contribution in [0.4, 0.5) is 0 Å². The highest BCUT2D eigenvalue weighted by Gasteiger charge is 2.56. The second-order valence-corrected chi connectivity index (χ2v) is 4.01. The molecule has 2 fully saturated rings. The molecular formula is C11H18O3. The molecule has 2 saturated heterocycles. The van der Waals surface area contributed by atoms with E-state index in [4.69, 9.17) is 14.2 Å². The van der Waals surface area contributed by atoms with Crippen LogP contribution in [-0.2, 0) is 14.2 Å². The molecule has 0 saturated carbocycles. The maximum absolute atomic E-state index is 5.71. The standard InChI is InChI=1S/C9H12O3.C2H6/c1-9(2)11-6-4-3-5-7(10-5)8(6)12-9;1-2/h3-8H,1-2H3;1-2H3. The largest absolute Gasteiger partial charge is 0.362 e. The van der Waals surface area contributed by atoms with Crippen molar-refractivity contribution >= 4 is 0 Å². The van der Waals surface area contributed by atoms with E-state index in [1.54, 1.807) is 0 Å². The van der Waals surface area contributed by atoms with Gasteiger partial charge in [0.15, 0.2) is 5.79 Å². The van der Waals surface area contributed by atoms with E-state index in [0.29, 0.717) is 6.10 Å². The number of epoxide rings is 1. The Hall–Kier alpha value is -0.380. The van der Waals surface area contributed by atoms with Crippen LogP contribution in [0.5, 0.6) is 0 Å². The van der Waals surface area contributed by atoms with Gasteiger partial charge in [-0.3, -0.25) is 0 Å². The fraction of sp³-hybridized carbons (Fsp3) is 0.818. The summed E-state index contributed by atoms with van der Waals surface area (Å²) in [4.78, 5) is 0. The highest BCUT2D eigenvalue weighted by molar-refractivity contribution is 5.18. The van der Waals surface area contributed by atoms with E-state index >= 15 is 0 Å². The number of hydrogen-bond donors (Lipinski definition) is 0. The van der Waals surface area contributed by atoms with Crippen LogP contribution in [0.25, 0.3) is 0 Å². The summed E-state index contributed by atoms with van der Waals surface area (Å²) in [7, 11) is 0. The minimum atomic E-state index is -0.444. The molecule has 0 aromatic rings. The van der Waals surface area contributed by atoms with E-state index in [9.17, 15) is 0 Å². The lowest BCUT2D eigenvalue weighted by atomic mass is 10.0. The Balaban J connectivity index is 0.000000354. The van der Waals surface area contributed by atoms with Crippen molar-refractivity contribution in [2.24, 2.45) is 0 Å². The van der Waals surface area contributed by atoms with E-state index in [1.165, 1.54) is 0 Å². The van der Waals surface area contributed by atoms with Gasteiger partial charge in [-0.05, 0) is 13.8 Å². The van der Waals surface area contributed by atoms with E-state index in [0.717, 1.165) is 0 Å². The number of ether oxygens (including phenoxy) is 3. The zero-order valence-electron chi connectivity index (χ0n) is 9.19. The SMILES string of the molecule is CC.CC1(C)OC2C=CC3OC3C2O1. The highest BCUT2D eigenvalue weighted by atomic mass is 16.8. The quantitative estimate of drug-likeness (QED) is 0.440. The van der Waals surface area contributed by atoms with Crippen LogP contribution in [0.15, 0.2) is 12.2 Å². The lowest BCUT2D eigenvalue weighted by Gasteiger charge is -2.15. The molecule has 4 atom stereocenters. The summed E-state index contributed by atoms with van der Waals surface area (Å²) in [5.41, 5.74) is 0. The molecule has 4 unspecified atom stereocenters. The summed E-state index contributed by atoms with van der Waals surface area (Å²) in [5, 5.41) is 0. The zero-order chi connectivity index (χ0) is 10.3. The molecule has 3 rings (SSSR count). The monoisotopic (exact) mass is 198 g/mol. The van der Waals surface area contributed by atoms with Crippen molar-refractivity contribution in [1.29, 1.82) is 0 Å². The Kier molecular flexibility index (Phi) is 2.41. The van der Waals surface area contributed by atoms with Crippen LogP contribution in [-0.4, -0.2) is 30.2 Å². The fourth-order valence-corrected chi connectivity index (χ4v) is 1.99. The van der Waals surface area contributed by atoms with E-state index in [2.05, 4.69) is 6.08 Å². The first-order valence-corrected chi connectivity index (χ1v) is 5.35. The van der Waals surface area contributed by atoms with Gasteiger partial charge in [-0.1, -0.05) is 26.0 Å². The van der Waals surface area contributed by atoms with Gasteiger partial charge in [0, 0.05) is 0 Å². The molecule has 0 bridgehead atoms. The Morgan fingerprint density at radius 2 is 1.57 bits per heavy atom. The molecule has 0 N–H and O–H groups in total. The van der Waals surface area contributed by atoms with Crippen molar-refractivity contribution in [3.8, 4) is 0 Å². The first-order chi connectivity index (χ1) is 6.66. The average Bonchev–Trinajstić information content (AvgIpc) is 2.86. The average molecular weight is 198 g/mol. The minimum absolute atomic E-state index is 0.101. The van der Waals surface area contributed by atoms with Crippen molar-refractivity contribution in [2.45, 2.75) is 57.9 Å². The van der Waals surface area contributed by atoms with Crippen LogP contribution < -0.4 is 0 Å². The van der Waals surface area contributed by atoms with Crippen molar-refractivity contribution < 1.29 is 14.2 Å². The van der Waals surface area contributed by atoms with Crippen LogP contribution in [0, 0.1) is 0 Å². The number of fused-ring (bicyclic) bond motifs is 3. The van der Waals surface area contributed by atoms with Gasteiger partial charge < -0.3 is 14.2 Å². The third kappa shape index (κ3) is 1.60. The lowest BCUT2D eigenvalue weighted by molar-refractivity contribution is -0.144. The molecule has 0 aromatic heterocycles. The second kappa shape index (κ2) is 3.33. The van der Waals surface area contributed by atoms with Gasteiger partial charge in [-0.25, -0.2) is 0 Å². The zero-order valence-corrected chi connectivity index (χ0v) is 9.19. The van der Waals surface area contributed by atoms with Crippen LogP contribution in [0.2, 0.25) is 0 Å². The molecule has 0 amide bonds. The third-order valence-electron chi connectivity index (χ3n) is 2.54. The predicted molar refractivity (Wildman–Crippen MR) is 53.0 cm³/mol. The van der Waals surface area contributed by atoms with Crippen molar-refractivity contribution in [3.05, 3.63) is 12.2 Å². The highest BCUT2D eigenvalue weighted by Crippen LogP contribution is 2.42. The van der Waals surface area contributed by atoms with Gasteiger partial charge >= 0.3 is 0 Å². The maximum atomic E-state index is 5.71. The van der Waals surface area contributed by atoms with Crippen molar-refractivity contribution in [1.82, 2.24) is 0 Å².